The predicted octanol–water partition coefficient (Wildman–Crippen LogP) is 2.63. The van der Waals surface area contributed by atoms with Crippen LogP contribution in [0.3, 0.4) is 0 Å². The van der Waals surface area contributed by atoms with E-state index in [0.717, 1.165) is 18.4 Å². The zero-order chi connectivity index (χ0) is 13.2. The van der Waals surface area contributed by atoms with E-state index in [1.54, 1.807) is 24.4 Å². The van der Waals surface area contributed by atoms with E-state index in [1.165, 1.54) is 12.1 Å². The summed E-state index contributed by atoms with van der Waals surface area (Å²) in [4.78, 5) is 18.9. The average molecular weight is 256 g/mol. The number of rotatable bonds is 4. The molecule has 0 spiro atoms. The van der Waals surface area contributed by atoms with Crippen LogP contribution in [0.4, 0.5) is 11.6 Å². The topological polar surface area (TPSA) is 81.0 Å². The van der Waals surface area contributed by atoms with E-state index in [-0.39, 0.29) is 5.69 Å². The Hall–Kier alpha value is -2.50. The molecule has 3 rings (SSSR count). The Kier molecular flexibility index (Phi) is 2.83. The smallest absolute Gasteiger partial charge is 0.270 e. The summed E-state index contributed by atoms with van der Waals surface area (Å²) in [6.07, 6.45) is 3.95. The monoisotopic (exact) mass is 256 g/mol. The lowest BCUT2D eigenvalue weighted by Crippen LogP contribution is -2.05. The lowest BCUT2D eigenvalue weighted by Gasteiger charge is -2.05. The number of nitrogens with zero attached hydrogens (tertiary/aromatic N) is 3. The fourth-order valence-corrected chi connectivity index (χ4v) is 1.78. The van der Waals surface area contributed by atoms with Crippen LogP contribution in [0.25, 0.3) is 11.3 Å². The number of anilines is 1. The molecule has 2 aromatic rings. The van der Waals surface area contributed by atoms with Crippen molar-refractivity contribution in [3.8, 4) is 11.3 Å². The number of aromatic nitrogens is 2. The minimum absolute atomic E-state index is 0.0628. The van der Waals surface area contributed by atoms with E-state index in [1.807, 2.05) is 0 Å². The third-order valence-corrected chi connectivity index (χ3v) is 2.92. The maximum absolute atomic E-state index is 10.8. The van der Waals surface area contributed by atoms with Gasteiger partial charge in [-0.2, -0.15) is 0 Å². The molecule has 0 radical (unpaired) electrons. The Bertz CT molecular complexity index is 626. The Morgan fingerprint density at radius 1 is 1.32 bits per heavy atom. The van der Waals surface area contributed by atoms with E-state index >= 15 is 0 Å². The Balaban J connectivity index is 1.91. The Morgan fingerprint density at radius 2 is 2.16 bits per heavy atom. The summed E-state index contributed by atoms with van der Waals surface area (Å²) in [6.45, 7) is 0. The Labute approximate surface area is 109 Å². The van der Waals surface area contributed by atoms with Gasteiger partial charge in [0.25, 0.3) is 5.69 Å². The Morgan fingerprint density at radius 3 is 2.89 bits per heavy atom. The van der Waals surface area contributed by atoms with E-state index < -0.39 is 4.92 Å². The van der Waals surface area contributed by atoms with Crippen molar-refractivity contribution < 1.29 is 4.92 Å². The van der Waals surface area contributed by atoms with E-state index in [2.05, 4.69) is 15.3 Å². The first kappa shape index (κ1) is 11.6. The van der Waals surface area contributed by atoms with E-state index in [9.17, 15) is 10.1 Å². The van der Waals surface area contributed by atoms with Gasteiger partial charge in [-0.1, -0.05) is 12.1 Å². The zero-order valence-electron chi connectivity index (χ0n) is 10.1. The molecule has 1 aromatic carbocycles. The third-order valence-electron chi connectivity index (χ3n) is 2.92. The average Bonchev–Trinajstić information content (AvgIpc) is 3.23. The summed E-state index contributed by atoms with van der Waals surface area (Å²) in [7, 11) is 0. The summed E-state index contributed by atoms with van der Waals surface area (Å²) < 4.78 is 0. The van der Waals surface area contributed by atoms with E-state index in [0.29, 0.717) is 17.7 Å². The van der Waals surface area contributed by atoms with Crippen molar-refractivity contribution in [2.24, 2.45) is 0 Å². The molecule has 0 unspecified atom stereocenters. The van der Waals surface area contributed by atoms with Crippen LogP contribution in [0.5, 0.6) is 0 Å². The van der Waals surface area contributed by atoms with E-state index in [4.69, 9.17) is 0 Å². The van der Waals surface area contributed by atoms with Crippen LogP contribution >= 0.6 is 0 Å². The predicted molar refractivity (Wildman–Crippen MR) is 70.8 cm³/mol. The number of non-ortho nitro benzene ring substituents is 1. The van der Waals surface area contributed by atoms with Crippen LogP contribution < -0.4 is 5.32 Å². The maximum atomic E-state index is 10.8. The van der Waals surface area contributed by atoms with Crippen LogP contribution in [0.2, 0.25) is 0 Å². The third kappa shape index (κ3) is 2.67. The molecule has 6 heteroatoms. The minimum atomic E-state index is -0.409. The molecule has 1 fully saturated rings. The number of hydrogen-bond acceptors (Lipinski definition) is 5. The number of nitro groups is 1. The molecule has 6 nitrogen and oxygen atoms in total. The highest BCUT2D eigenvalue weighted by Crippen LogP contribution is 2.25. The van der Waals surface area contributed by atoms with Crippen LogP contribution in [-0.4, -0.2) is 20.9 Å². The number of hydrogen-bond donors (Lipinski definition) is 1. The van der Waals surface area contributed by atoms with Gasteiger partial charge < -0.3 is 5.32 Å². The van der Waals surface area contributed by atoms with Crippen molar-refractivity contribution in [3.63, 3.8) is 0 Å². The molecule has 19 heavy (non-hydrogen) atoms. The second-order valence-corrected chi connectivity index (χ2v) is 4.49. The van der Waals surface area contributed by atoms with Gasteiger partial charge in [-0.15, -0.1) is 0 Å². The SMILES string of the molecule is O=[N+]([O-])c1cccc(-c2ccnc(NC3CC3)n2)c1. The van der Waals surface area contributed by atoms with Crippen molar-refractivity contribution in [1.29, 1.82) is 0 Å². The minimum Gasteiger partial charge on any atom is -0.351 e. The van der Waals surface area contributed by atoms with Gasteiger partial charge in [0, 0.05) is 29.9 Å². The first-order chi connectivity index (χ1) is 9.22. The molecule has 96 valence electrons. The molecule has 1 aromatic heterocycles. The van der Waals surface area contributed by atoms with Crippen molar-refractivity contribution in [1.82, 2.24) is 9.97 Å². The van der Waals surface area contributed by atoms with Crippen molar-refractivity contribution >= 4 is 11.6 Å². The largest absolute Gasteiger partial charge is 0.351 e. The van der Waals surface area contributed by atoms with Crippen molar-refractivity contribution in [3.05, 3.63) is 46.6 Å². The quantitative estimate of drug-likeness (QED) is 0.671. The van der Waals surface area contributed by atoms with Gasteiger partial charge in [0.05, 0.1) is 10.6 Å². The zero-order valence-corrected chi connectivity index (χ0v) is 10.1. The molecule has 1 saturated carbocycles. The van der Waals surface area contributed by atoms with Gasteiger partial charge in [-0.3, -0.25) is 10.1 Å². The van der Waals surface area contributed by atoms with Gasteiger partial charge in [0.15, 0.2) is 0 Å². The first-order valence-electron chi connectivity index (χ1n) is 6.07. The number of nitrogens with one attached hydrogen (secondary N) is 1. The lowest BCUT2D eigenvalue weighted by molar-refractivity contribution is -0.384. The number of nitro benzene ring substituents is 1. The lowest BCUT2D eigenvalue weighted by atomic mass is 10.1. The molecule has 0 atom stereocenters. The number of benzene rings is 1. The summed E-state index contributed by atoms with van der Waals surface area (Å²) in [6, 6.07) is 8.66. The molecule has 0 amide bonds. The molecule has 1 aliphatic carbocycles. The van der Waals surface area contributed by atoms with Gasteiger partial charge in [-0.25, -0.2) is 9.97 Å². The molecule has 1 heterocycles. The molecule has 0 saturated heterocycles. The van der Waals surface area contributed by atoms with Crippen LogP contribution in [-0.2, 0) is 0 Å². The summed E-state index contributed by atoms with van der Waals surface area (Å²) >= 11 is 0. The maximum Gasteiger partial charge on any atom is 0.270 e. The molecule has 0 aliphatic heterocycles. The van der Waals surface area contributed by atoms with Crippen molar-refractivity contribution in [2.45, 2.75) is 18.9 Å². The van der Waals surface area contributed by atoms with Gasteiger partial charge in [0.1, 0.15) is 0 Å². The fourth-order valence-electron chi connectivity index (χ4n) is 1.78. The molecular formula is C13H12N4O2. The van der Waals surface area contributed by atoms with Crippen LogP contribution in [0, 0.1) is 10.1 Å². The van der Waals surface area contributed by atoms with Gasteiger partial charge in [-0.05, 0) is 18.9 Å². The van der Waals surface area contributed by atoms with Crippen molar-refractivity contribution in [2.75, 3.05) is 5.32 Å². The highest BCUT2D eigenvalue weighted by molar-refractivity contribution is 5.63. The second kappa shape index (κ2) is 4.64. The summed E-state index contributed by atoms with van der Waals surface area (Å²) in [5.41, 5.74) is 1.46. The highest BCUT2D eigenvalue weighted by Gasteiger charge is 2.22. The first-order valence-corrected chi connectivity index (χ1v) is 6.07. The highest BCUT2D eigenvalue weighted by atomic mass is 16.6. The molecule has 1 N–H and O–H groups in total. The van der Waals surface area contributed by atoms with Gasteiger partial charge >= 0.3 is 0 Å². The van der Waals surface area contributed by atoms with Crippen LogP contribution in [0.15, 0.2) is 36.5 Å². The summed E-state index contributed by atoms with van der Waals surface area (Å²) in [5, 5.41) is 14.0. The summed E-state index contributed by atoms with van der Waals surface area (Å²) in [5.74, 6) is 0.575. The van der Waals surface area contributed by atoms with Crippen LogP contribution in [0.1, 0.15) is 12.8 Å². The van der Waals surface area contributed by atoms with Gasteiger partial charge in [0.2, 0.25) is 5.95 Å². The second-order valence-electron chi connectivity index (χ2n) is 4.49. The fraction of sp³-hybridized carbons (Fsp3) is 0.231. The molecule has 0 bridgehead atoms. The normalized spacial score (nSPS) is 14.1. The molecular weight excluding hydrogens is 244 g/mol. The molecule has 1 aliphatic rings. The standard InChI is InChI=1S/C13H12N4O2/c18-17(19)11-3-1-2-9(8-11)12-6-7-14-13(16-12)15-10-4-5-10/h1-3,6-8,10H,4-5H2,(H,14,15,16).